The average molecular weight is 496 g/mol. The number of halogens is 1. The second kappa shape index (κ2) is 13.3. The molecule has 0 aliphatic rings. The molecule has 0 heterocycles. The van der Waals surface area contributed by atoms with Crippen molar-refractivity contribution in [1.29, 1.82) is 0 Å². The van der Waals surface area contributed by atoms with Crippen LogP contribution < -0.4 is 19.5 Å². The van der Waals surface area contributed by atoms with Gasteiger partial charge in [0.1, 0.15) is 35.8 Å². The van der Waals surface area contributed by atoms with Crippen molar-refractivity contribution >= 4 is 17.6 Å². The van der Waals surface area contributed by atoms with E-state index >= 15 is 0 Å². The van der Waals surface area contributed by atoms with Gasteiger partial charge in [-0.05, 0) is 59.2 Å². The summed E-state index contributed by atoms with van der Waals surface area (Å²) in [4.78, 5) is 12.5. The predicted molar refractivity (Wildman–Crippen MR) is 135 cm³/mol. The molecule has 0 amide bonds. The molecule has 0 aliphatic carbocycles. The second-order valence-corrected chi connectivity index (χ2v) is 7.94. The van der Waals surface area contributed by atoms with Crippen LogP contribution >= 0.6 is 0 Å². The van der Waals surface area contributed by atoms with Crippen LogP contribution in [-0.4, -0.2) is 51.7 Å². The zero-order chi connectivity index (χ0) is 25.9. The summed E-state index contributed by atoms with van der Waals surface area (Å²) in [5.41, 5.74) is 2.62. The Hall–Kier alpha value is -3.88. The number of hydrogen-bond donors (Lipinski definition) is 2. The first-order valence-corrected chi connectivity index (χ1v) is 11.3. The van der Waals surface area contributed by atoms with Crippen LogP contribution in [0.5, 0.6) is 17.2 Å². The van der Waals surface area contributed by atoms with Gasteiger partial charge in [0.25, 0.3) is 0 Å². The molecular weight excluding hydrogens is 465 g/mol. The monoisotopic (exact) mass is 495 g/mol. The summed E-state index contributed by atoms with van der Waals surface area (Å²) >= 11 is 0. The molecule has 8 heteroatoms. The van der Waals surface area contributed by atoms with Crippen molar-refractivity contribution in [2.24, 2.45) is 0 Å². The van der Waals surface area contributed by atoms with Gasteiger partial charge in [-0.3, -0.25) is 0 Å². The van der Waals surface area contributed by atoms with Crippen LogP contribution in [0.2, 0.25) is 0 Å². The van der Waals surface area contributed by atoms with Gasteiger partial charge in [-0.2, -0.15) is 0 Å². The van der Waals surface area contributed by atoms with Crippen LogP contribution in [0, 0.1) is 5.82 Å². The van der Waals surface area contributed by atoms with Crippen molar-refractivity contribution in [3.05, 3.63) is 89.2 Å². The molecule has 0 aliphatic heterocycles. The van der Waals surface area contributed by atoms with E-state index in [1.54, 1.807) is 74.9 Å². The van der Waals surface area contributed by atoms with Gasteiger partial charge in [-0.25, -0.2) is 9.18 Å². The van der Waals surface area contributed by atoms with Crippen molar-refractivity contribution in [2.45, 2.75) is 12.6 Å². The van der Waals surface area contributed by atoms with Gasteiger partial charge in [-0.1, -0.05) is 24.3 Å². The predicted octanol–water partition coefficient (Wildman–Crippen LogP) is 4.09. The number of benzene rings is 3. The molecular formula is C28H30FNO6. The molecule has 2 N–H and O–H groups in total. The van der Waals surface area contributed by atoms with E-state index in [-0.39, 0.29) is 12.4 Å². The number of rotatable bonds is 12. The van der Waals surface area contributed by atoms with Crippen LogP contribution in [0.3, 0.4) is 0 Å². The summed E-state index contributed by atoms with van der Waals surface area (Å²) in [7, 11) is 4.44. The second-order valence-electron chi connectivity index (χ2n) is 7.94. The number of aliphatic hydroxyl groups is 1. The summed E-state index contributed by atoms with van der Waals surface area (Å²) in [6.07, 6.45) is 0.960. The van der Waals surface area contributed by atoms with Gasteiger partial charge in [-0.15, -0.1) is 0 Å². The minimum atomic E-state index is -0.737. The van der Waals surface area contributed by atoms with Crippen LogP contribution in [0.15, 0.2) is 66.7 Å². The third-order valence-corrected chi connectivity index (χ3v) is 5.32. The van der Waals surface area contributed by atoms with Gasteiger partial charge in [0.15, 0.2) is 0 Å². The van der Waals surface area contributed by atoms with Crippen molar-refractivity contribution in [3.8, 4) is 17.2 Å². The van der Waals surface area contributed by atoms with Gasteiger partial charge in [0.2, 0.25) is 0 Å². The maximum atomic E-state index is 13.0. The largest absolute Gasteiger partial charge is 0.497 e. The quantitative estimate of drug-likeness (QED) is 0.222. The molecule has 0 radical (unpaired) electrons. The Bertz CT molecular complexity index is 1140. The highest BCUT2D eigenvalue weighted by atomic mass is 19.1. The molecule has 0 bridgehead atoms. The van der Waals surface area contributed by atoms with Crippen LogP contribution in [0.4, 0.5) is 4.39 Å². The van der Waals surface area contributed by atoms with E-state index in [0.717, 1.165) is 5.56 Å². The number of carbonyl (C=O) groups excluding carboxylic acids is 1. The standard InChI is InChI=1S/C28H30FNO6/c1-33-25-12-20(13-26(15-25)34-2)14-27(28(32)35-3)21-6-10-24(11-7-21)36-18-23(31)17-30-16-19-4-8-22(29)9-5-19/h4-15,23,30-31H,16-18H2,1-3H3/b27-14-. The SMILES string of the molecule is COC(=O)/C(=C\c1cc(OC)cc(OC)c1)c1ccc(OCC(O)CNCc2ccc(F)cc2)cc1. The van der Waals surface area contributed by atoms with E-state index in [9.17, 15) is 14.3 Å². The first kappa shape index (κ1) is 26.7. The minimum Gasteiger partial charge on any atom is -0.497 e. The number of esters is 1. The van der Waals surface area contributed by atoms with E-state index in [0.29, 0.717) is 47.0 Å². The van der Waals surface area contributed by atoms with Crippen LogP contribution in [0.25, 0.3) is 11.6 Å². The number of methoxy groups -OCH3 is 3. The van der Waals surface area contributed by atoms with Gasteiger partial charge >= 0.3 is 5.97 Å². The van der Waals surface area contributed by atoms with Crippen LogP contribution in [-0.2, 0) is 16.1 Å². The molecule has 1 unspecified atom stereocenters. The molecule has 0 fully saturated rings. The lowest BCUT2D eigenvalue weighted by molar-refractivity contribution is -0.133. The normalized spacial score (nSPS) is 12.1. The molecule has 1 atom stereocenters. The number of hydrogen-bond acceptors (Lipinski definition) is 7. The maximum absolute atomic E-state index is 13.0. The van der Waals surface area contributed by atoms with E-state index in [4.69, 9.17) is 18.9 Å². The molecule has 3 aromatic carbocycles. The highest BCUT2D eigenvalue weighted by Crippen LogP contribution is 2.27. The third-order valence-electron chi connectivity index (χ3n) is 5.32. The molecule has 3 rings (SSSR count). The summed E-state index contributed by atoms with van der Waals surface area (Å²) < 4.78 is 34.2. The highest BCUT2D eigenvalue weighted by Gasteiger charge is 2.14. The fourth-order valence-electron chi connectivity index (χ4n) is 3.42. The molecule has 7 nitrogen and oxygen atoms in total. The summed E-state index contributed by atoms with van der Waals surface area (Å²) in [6.45, 7) is 0.904. The smallest absolute Gasteiger partial charge is 0.338 e. The van der Waals surface area contributed by atoms with Gasteiger partial charge < -0.3 is 29.4 Å². The molecule has 3 aromatic rings. The molecule has 0 saturated carbocycles. The van der Waals surface area contributed by atoms with Gasteiger partial charge in [0.05, 0.1) is 26.9 Å². The number of ether oxygens (including phenoxy) is 4. The first-order chi connectivity index (χ1) is 17.4. The Morgan fingerprint density at radius 1 is 0.944 bits per heavy atom. The molecule has 0 saturated heterocycles. The van der Waals surface area contributed by atoms with E-state index in [1.807, 2.05) is 0 Å². The summed E-state index contributed by atoms with van der Waals surface area (Å²) in [5.74, 6) is 0.961. The zero-order valence-corrected chi connectivity index (χ0v) is 20.5. The molecule has 190 valence electrons. The van der Waals surface area contributed by atoms with Gasteiger partial charge in [0, 0.05) is 19.2 Å². The van der Waals surface area contributed by atoms with Crippen LogP contribution in [0.1, 0.15) is 16.7 Å². The summed E-state index contributed by atoms with van der Waals surface area (Å²) in [5, 5.41) is 13.3. The zero-order valence-electron chi connectivity index (χ0n) is 20.5. The third kappa shape index (κ3) is 7.83. The lowest BCUT2D eigenvalue weighted by Gasteiger charge is -2.14. The Morgan fingerprint density at radius 2 is 1.58 bits per heavy atom. The number of carbonyl (C=O) groups is 1. The fourth-order valence-corrected chi connectivity index (χ4v) is 3.42. The lowest BCUT2D eigenvalue weighted by Crippen LogP contribution is -2.31. The molecule has 0 aromatic heterocycles. The Labute approximate surface area is 210 Å². The highest BCUT2D eigenvalue weighted by molar-refractivity contribution is 6.21. The fraction of sp³-hybridized carbons (Fsp3) is 0.250. The maximum Gasteiger partial charge on any atom is 0.338 e. The number of nitrogens with one attached hydrogen (secondary N) is 1. The van der Waals surface area contributed by atoms with E-state index in [2.05, 4.69) is 5.32 Å². The van der Waals surface area contributed by atoms with E-state index in [1.165, 1.54) is 19.2 Å². The Kier molecular flexibility index (Phi) is 9.85. The van der Waals surface area contributed by atoms with Crippen molar-refractivity contribution in [2.75, 3.05) is 34.5 Å². The number of aliphatic hydroxyl groups excluding tert-OH is 1. The Balaban J connectivity index is 1.61. The van der Waals surface area contributed by atoms with Crippen molar-refractivity contribution in [3.63, 3.8) is 0 Å². The lowest BCUT2D eigenvalue weighted by atomic mass is 10.0. The van der Waals surface area contributed by atoms with E-state index < -0.39 is 12.1 Å². The molecule has 36 heavy (non-hydrogen) atoms. The molecule has 0 spiro atoms. The summed E-state index contributed by atoms with van der Waals surface area (Å²) in [6, 6.07) is 18.4. The topological polar surface area (TPSA) is 86.3 Å². The Morgan fingerprint density at radius 3 is 2.17 bits per heavy atom. The minimum absolute atomic E-state index is 0.0824. The average Bonchev–Trinajstić information content (AvgIpc) is 2.91. The van der Waals surface area contributed by atoms with Crippen molar-refractivity contribution in [1.82, 2.24) is 5.32 Å². The first-order valence-electron chi connectivity index (χ1n) is 11.3. The van der Waals surface area contributed by atoms with Crippen molar-refractivity contribution < 1.29 is 33.2 Å².